The Hall–Kier alpha value is -2.26. The Morgan fingerprint density at radius 3 is 2.71 bits per heavy atom. The SMILES string of the molecule is CCOC(=O)Cc1csc(NN=Cc2ccc(S(C)(=O)=O)cc2)n1. The van der Waals surface area contributed by atoms with Crippen LogP contribution < -0.4 is 5.43 Å². The summed E-state index contributed by atoms with van der Waals surface area (Å²) in [4.78, 5) is 15.9. The van der Waals surface area contributed by atoms with E-state index in [-0.39, 0.29) is 17.3 Å². The van der Waals surface area contributed by atoms with Crippen molar-refractivity contribution in [2.75, 3.05) is 18.3 Å². The molecule has 0 atom stereocenters. The largest absolute Gasteiger partial charge is 0.466 e. The number of carbonyl (C=O) groups is 1. The van der Waals surface area contributed by atoms with E-state index in [0.29, 0.717) is 17.4 Å². The van der Waals surface area contributed by atoms with Crippen molar-refractivity contribution in [2.45, 2.75) is 18.2 Å². The van der Waals surface area contributed by atoms with Gasteiger partial charge in [-0.2, -0.15) is 5.10 Å². The van der Waals surface area contributed by atoms with Gasteiger partial charge in [0.25, 0.3) is 0 Å². The van der Waals surface area contributed by atoms with E-state index < -0.39 is 9.84 Å². The summed E-state index contributed by atoms with van der Waals surface area (Å²) < 4.78 is 27.6. The first-order valence-electron chi connectivity index (χ1n) is 7.07. The molecule has 7 nitrogen and oxygen atoms in total. The fourth-order valence-electron chi connectivity index (χ4n) is 1.76. The first-order chi connectivity index (χ1) is 11.4. The first-order valence-corrected chi connectivity index (χ1v) is 9.85. The summed E-state index contributed by atoms with van der Waals surface area (Å²) in [5.41, 5.74) is 4.14. The van der Waals surface area contributed by atoms with Crippen LogP contribution in [0, 0.1) is 0 Å². The lowest BCUT2D eigenvalue weighted by atomic mass is 10.2. The molecule has 0 fully saturated rings. The molecule has 0 aliphatic heterocycles. The molecular weight excluding hydrogens is 350 g/mol. The molecule has 0 saturated carbocycles. The fourth-order valence-corrected chi connectivity index (χ4v) is 3.05. The van der Waals surface area contributed by atoms with E-state index in [1.807, 2.05) is 0 Å². The number of nitrogens with one attached hydrogen (secondary N) is 1. The minimum Gasteiger partial charge on any atom is -0.466 e. The molecule has 1 aromatic heterocycles. The van der Waals surface area contributed by atoms with Crippen molar-refractivity contribution in [1.29, 1.82) is 0 Å². The Balaban J connectivity index is 1.92. The minimum atomic E-state index is -3.20. The summed E-state index contributed by atoms with van der Waals surface area (Å²) in [7, 11) is -3.20. The molecule has 1 aromatic carbocycles. The summed E-state index contributed by atoms with van der Waals surface area (Å²) >= 11 is 1.33. The van der Waals surface area contributed by atoms with E-state index in [2.05, 4.69) is 15.5 Å². The second-order valence-electron chi connectivity index (χ2n) is 4.84. The molecule has 0 aliphatic rings. The Morgan fingerprint density at radius 1 is 1.38 bits per heavy atom. The molecule has 9 heteroatoms. The average Bonchev–Trinajstić information content (AvgIpc) is 2.94. The van der Waals surface area contributed by atoms with Gasteiger partial charge in [0.2, 0.25) is 5.13 Å². The fraction of sp³-hybridized carbons (Fsp3) is 0.267. The van der Waals surface area contributed by atoms with Gasteiger partial charge < -0.3 is 4.74 Å². The van der Waals surface area contributed by atoms with Crippen LogP contribution in [0.3, 0.4) is 0 Å². The molecule has 24 heavy (non-hydrogen) atoms. The van der Waals surface area contributed by atoms with Crippen LogP contribution in [-0.2, 0) is 25.8 Å². The van der Waals surface area contributed by atoms with E-state index in [9.17, 15) is 13.2 Å². The standard InChI is InChI=1S/C15H17N3O4S2/c1-3-22-14(19)8-12-10-23-15(17-12)18-16-9-11-4-6-13(7-5-11)24(2,20)21/h4-7,9-10H,3,8H2,1-2H3,(H,17,18). The molecule has 128 valence electrons. The molecular formula is C15H17N3O4S2. The van der Waals surface area contributed by atoms with Gasteiger partial charge in [0.1, 0.15) is 0 Å². The van der Waals surface area contributed by atoms with Crippen molar-refractivity contribution >= 4 is 38.5 Å². The zero-order valence-corrected chi connectivity index (χ0v) is 14.9. The number of hydrogen-bond acceptors (Lipinski definition) is 8. The van der Waals surface area contributed by atoms with Crippen LogP contribution in [-0.4, -0.2) is 38.4 Å². The van der Waals surface area contributed by atoms with Gasteiger partial charge in [-0.05, 0) is 24.6 Å². The monoisotopic (exact) mass is 367 g/mol. The highest BCUT2D eigenvalue weighted by Crippen LogP contribution is 2.16. The van der Waals surface area contributed by atoms with E-state index >= 15 is 0 Å². The van der Waals surface area contributed by atoms with Gasteiger partial charge in [0, 0.05) is 11.6 Å². The molecule has 1 heterocycles. The van der Waals surface area contributed by atoms with Crippen LogP contribution in [0.2, 0.25) is 0 Å². The number of esters is 1. The molecule has 1 N–H and O–H groups in total. The first kappa shape index (κ1) is 18.1. The maximum absolute atomic E-state index is 11.4. The average molecular weight is 367 g/mol. The predicted molar refractivity (Wildman–Crippen MR) is 93.2 cm³/mol. The molecule has 0 spiro atoms. The quantitative estimate of drug-likeness (QED) is 0.457. The number of rotatable bonds is 7. The van der Waals surface area contributed by atoms with E-state index in [0.717, 1.165) is 11.8 Å². The maximum atomic E-state index is 11.4. The highest BCUT2D eigenvalue weighted by Gasteiger charge is 2.08. The number of sulfone groups is 1. The highest BCUT2D eigenvalue weighted by molar-refractivity contribution is 7.90. The van der Waals surface area contributed by atoms with Crippen LogP contribution >= 0.6 is 11.3 Å². The van der Waals surface area contributed by atoms with Crippen molar-refractivity contribution in [3.05, 3.63) is 40.9 Å². The van der Waals surface area contributed by atoms with Crippen molar-refractivity contribution in [2.24, 2.45) is 5.10 Å². The number of anilines is 1. The van der Waals surface area contributed by atoms with Gasteiger partial charge in [-0.1, -0.05) is 12.1 Å². The molecule has 2 aromatic rings. The Kier molecular flexibility index (Phi) is 6.04. The van der Waals surface area contributed by atoms with Gasteiger partial charge in [-0.15, -0.1) is 11.3 Å². The molecule has 2 rings (SSSR count). The van der Waals surface area contributed by atoms with Crippen molar-refractivity contribution < 1.29 is 17.9 Å². The van der Waals surface area contributed by atoms with Crippen LogP contribution in [0.15, 0.2) is 39.6 Å². The number of ether oxygens (including phenoxy) is 1. The maximum Gasteiger partial charge on any atom is 0.311 e. The molecule has 0 saturated heterocycles. The topological polar surface area (TPSA) is 97.7 Å². The summed E-state index contributed by atoms with van der Waals surface area (Å²) in [5, 5.41) is 6.35. The van der Waals surface area contributed by atoms with Crippen LogP contribution in [0.1, 0.15) is 18.2 Å². The lowest BCUT2D eigenvalue weighted by Gasteiger charge is -1.99. The lowest BCUT2D eigenvalue weighted by Crippen LogP contribution is -2.07. The zero-order valence-electron chi connectivity index (χ0n) is 13.2. The summed E-state index contributed by atoms with van der Waals surface area (Å²) in [6, 6.07) is 6.38. The highest BCUT2D eigenvalue weighted by atomic mass is 32.2. The number of hydrazone groups is 1. The summed E-state index contributed by atoms with van der Waals surface area (Å²) in [6.45, 7) is 2.10. The smallest absolute Gasteiger partial charge is 0.311 e. The van der Waals surface area contributed by atoms with Gasteiger partial charge >= 0.3 is 5.97 Å². The van der Waals surface area contributed by atoms with Gasteiger partial charge in [0.05, 0.1) is 29.8 Å². The van der Waals surface area contributed by atoms with Gasteiger partial charge in [-0.3, -0.25) is 10.2 Å². The van der Waals surface area contributed by atoms with Crippen LogP contribution in [0.4, 0.5) is 5.13 Å². The van der Waals surface area contributed by atoms with Crippen molar-refractivity contribution in [3.8, 4) is 0 Å². The van der Waals surface area contributed by atoms with Gasteiger partial charge in [-0.25, -0.2) is 13.4 Å². The zero-order chi connectivity index (χ0) is 17.6. The molecule has 0 amide bonds. The summed E-state index contributed by atoms with van der Waals surface area (Å²) in [6.07, 6.45) is 2.84. The normalized spacial score (nSPS) is 11.6. The third-order valence-corrected chi connectivity index (χ3v) is 4.79. The summed E-state index contributed by atoms with van der Waals surface area (Å²) in [5.74, 6) is -0.316. The number of hydrogen-bond donors (Lipinski definition) is 1. The third kappa shape index (κ3) is 5.43. The number of thiazole rings is 1. The Labute approximate surface area is 144 Å². The number of benzene rings is 1. The Bertz CT molecular complexity index is 827. The predicted octanol–water partition coefficient (Wildman–Crippen LogP) is 2.10. The van der Waals surface area contributed by atoms with Crippen LogP contribution in [0.25, 0.3) is 0 Å². The second kappa shape index (κ2) is 8.02. The lowest BCUT2D eigenvalue weighted by molar-refractivity contribution is -0.142. The van der Waals surface area contributed by atoms with E-state index in [4.69, 9.17) is 4.74 Å². The van der Waals surface area contributed by atoms with Crippen molar-refractivity contribution in [3.63, 3.8) is 0 Å². The third-order valence-electron chi connectivity index (χ3n) is 2.86. The van der Waals surface area contributed by atoms with E-state index in [1.54, 1.807) is 30.7 Å². The van der Waals surface area contributed by atoms with Gasteiger partial charge in [0.15, 0.2) is 9.84 Å². The number of carbonyl (C=O) groups excluding carboxylic acids is 1. The number of nitrogens with zero attached hydrogens (tertiary/aromatic N) is 2. The molecule has 0 radical (unpaired) electrons. The second-order valence-corrected chi connectivity index (χ2v) is 7.71. The molecule has 0 bridgehead atoms. The number of aromatic nitrogens is 1. The van der Waals surface area contributed by atoms with Crippen LogP contribution in [0.5, 0.6) is 0 Å². The molecule has 0 unspecified atom stereocenters. The molecule has 0 aliphatic carbocycles. The minimum absolute atomic E-state index is 0.128. The van der Waals surface area contributed by atoms with Crippen molar-refractivity contribution in [1.82, 2.24) is 4.98 Å². The van der Waals surface area contributed by atoms with E-state index in [1.165, 1.54) is 23.5 Å². The Morgan fingerprint density at radius 2 is 2.08 bits per heavy atom.